The maximum atomic E-state index is 13.2. The Morgan fingerprint density at radius 2 is 1.86 bits per heavy atom. The molecular weight excluding hydrogens is 265 g/mol. The van der Waals surface area contributed by atoms with Crippen LogP contribution in [-0.4, -0.2) is 17.8 Å². The van der Waals surface area contributed by atoms with Gasteiger partial charge in [0, 0.05) is 18.3 Å². The van der Waals surface area contributed by atoms with Gasteiger partial charge >= 0.3 is 0 Å². The molecule has 3 heteroatoms. The van der Waals surface area contributed by atoms with Gasteiger partial charge < -0.3 is 10.4 Å². The lowest BCUT2D eigenvalue weighted by Crippen LogP contribution is -2.18. The molecule has 112 valence electrons. The first-order valence-corrected chi connectivity index (χ1v) is 7.38. The molecule has 0 amide bonds. The molecule has 0 aliphatic heterocycles. The monoisotopic (exact) mass is 287 g/mol. The predicted octanol–water partition coefficient (Wildman–Crippen LogP) is 3.79. The van der Waals surface area contributed by atoms with Crippen LogP contribution in [0.1, 0.15) is 24.5 Å². The van der Waals surface area contributed by atoms with Gasteiger partial charge in [0.15, 0.2) is 0 Å². The van der Waals surface area contributed by atoms with E-state index in [9.17, 15) is 4.39 Å². The zero-order valence-corrected chi connectivity index (χ0v) is 12.3. The highest BCUT2D eigenvalue weighted by Gasteiger charge is 2.05. The Bertz CT molecular complexity index is 571. The van der Waals surface area contributed by atoms with Crippen LogP contribution in [0.25, 0.3) is 0 Å². The molecule has 1 atom stereocenters. The summed E-state index contributed by atoms with van der Waals surface area (Å²) in [5.74, 6) is -0.189. The molecule has 0 aliphatic rings. The highest BCUT2D eigenvalue weighted by molar-refractivity contribution is 5.46. The minimum atomic E-state index is -0.189. The fraction of sp³-hybridized carbons (Fsp3) is 0.333. The van der Waals surface area contributed by atoms with E-state index in [1.807, 2.05) is 18.2 Å². The molecule has 2 rings (SSSR count). The average Bonchev–Trinajstić information content (AvgIpc) is 2.45. The second-order valence-corrected chi connectivity index (χ2v) is 5.41. The van der Waals surface area contributed by atoms with E-state index in [1.165, 1.54) is 11.6 Å². The molecule has 1 unspecified atom stereocenters. The normalized spacial score (nSPS) is 12.1. The van der Waals surface area contributed by atoms with Crippen molar-refractivity contribution in [2.75, 3.05) is 11.9 Å². The van der Waals surface area contributed by atoms with E-state index < -0.39 is 0 Å². The van der Waals surface area contributed by atoms with Crippen molar-refractivity contribution in [1.82, 2.24) is 0 Å². The average molecular weight is 287 g/mol. The van der Waals surface area contributed by atoms with Crippen LogP contribution in [0.2, 0.25) is 0 Å². The predicted molar refractivity (Wildman–Crippen MR) is 85.0 cm³/mol. The van der Waals surface area contributed by atoms with Crippen LogP contribution in [0.3, 0.4) is 0 Å². The fourth-order valence-electron chi connectivity index (χ4n) is 2.45. The number of anilines is 1. The van der Waals surface area contributed by atoms with Crippen molar-refractivity contribution >= 4 is 5.69 Å². The Morgan fingerprint density at radius 1 is 1.10 bits per heavy atom. The first-order valence-electron chi connectivity index (χ1n) is 7.38. The van der Waals surface area contributed by atoms with Crippen molar-refractivity contribution in [3.8, 4) is 0 Å². The Kier molecular flexibility index (Phi) is 5.76. The summed E-state index contributed by atoms with van der Waals surface area (Å²) in [6.07, 6.45) is 2.44. The highest BCUT2D eigenvalue weighted by Crippen LogP contribution is 2.15. The van der Waals surface area contributed by atoms with Gasteiger partial charge in [-0.25, -0.2) is 4.39 Å². The summed E-state index contributed by atoms with van der Waals surface area (Å²) in [6.45, 7) is 2.30. The van der Waals surface area contributed by atoms with Crippen LogP contribution < -0.4 is 5.32 Å². The molecule has 0 heterocycles. The van der Waals surface area contributed by atoms with Crippen LogP contribution in [-0.2, 0) is 12.8 Å². The number of halogens is 1. The second kappa shape index (κ2) is 7.79. The van der Waals surface area contributed by atoms with Gasteiger partial charge in [0.2, 0.25) is 0 Å². The van der Waals surface area contributed by atoms with Crippen LogP contribution in [0.5, 0.6) is 0 Å². The van der Waals surface area contributed by atoms with Gasteiger partial charge in [0.25, 0.3) is 0 Å². The van der Waals surface area contributed by atoms with E-state index in [-0.39, 0.29) is 18.5 Å². The molecule has 0 radical (unpaired) electrons. The number of benzene rings is 2. The van der Waals surface area contributed by atoms with Crippen LogP contribution >= 0.6 is 0 Å². The fourth-order valence-corrected chi connectivity index (χ4v) is 2.45. The van der Waals surface area contributed by atoms with E-state index in [1.54, 1.807) is 12.1 Å². The van der Waals surface area contributed by atoms with Crippen molar-refractivity contribution in [2.45, 2.75) is 32.2 Å². The van der Waals surface area contributed by atoms with Crippen molar-refractivity contribution < 1.29 is 9.50 Å². The van der Waals surface area contributed by atoms with Crippen molar-refractivity contribution in [3.05, 3.63) is 65.5 Å². The number of hydrogen-bond acceptors (Lipinski definition) is 2. The second-order valence-electron chi connectivity index (χ2n) is 5.41. The number of hydrogen-bond donors (Lipinski definition) is 2. The van der Waals surface area contributed by atoms with E-state index in [4.69, 9.17) is 5.11 Å². The van der Waals surface area contributed by atoms with E-state index >= 15 is 0 Å². The van der Waals surface area contributed by atoms with E-state index in [0.29, 0.717) is 0 Å². The smallest absolute Gasteiger partial charge is 0.123 e. The van der Waals surface area contributed by atoms with E-state index in [2.05, 4.69) is 24.4 Å². The van der Waals surface area contributed by atoms with Gasteiger partial charge in [-0.1, -0.05) is 24.3 Å². The molecular formula is C18H22FNO. The minimum Gasteiger partial charge on any atom is -0.396 e. The third-order valence-corrected chi connectivity index (χ3v) is 3.39. The lowest BCUT2D eigenvalue weighted by atomic mass is 10.1. The Labute approximate surface area is 125 Å². The van der Waals surface area contributed by atoms with Crippen LogP contribution in [0, 0.1) is 5.82 Å². The SMILES string of the molecule is CC(Cc1cccc(F)c1)Nc1cccc(CCCO)c1. The molecule has 2 aromatic carbocycles. The quantitative estimate of drug-likeness (QED) is 0.812. The third-order valence-electron chi connectivity index (χ3n) is 3.39. The third kappa shape index (κ3) is 5.20. The zero-order chi connectivity index (χ0) is 15.1. The summed E-state index contributed by atoms with van der Waals surface area (Å²) in [7, 11) is 0. The largest absolute Gasteiger partial charge is 0.396 e. The van der Waals surface area contributed by atoms with Crippen LogP contribution in [0.15, 0.2) is 48.5 Å². The molecule has 0 fully saturated rings. The van der Waals surface area contributed by atoms with Gasteiger partial charge in [0.1, 0.15) is 5.82 Å². The van der Waals surface area contributed by atoms with Gasteiger partial charge in [-0.15, -0.1) is 0 Å². The molecule has 0 aliphatic carbocycles. The lowest BCUT2D eigenvalue weighted by Gasteiger charge is -2.16. The molecule has 0 saturated heterocycles. The number of aliphatic hydroxyl groups is 1. The maximum absolute atomic E-state index is 13.2. The first kappa shape index (κ1) is 15.5. The van der Waals surface area contributed by atoms with Gasteiger partial charge in [-0.05, 0) is 61.6 Å². The van der Waals surface area contributed by atoms with Crippen molar-refractivity contribution in [2.24, 2.45) is 0 Å². The van der Waals surface area contributed by atoms with Gasteiger partial charge in [-0.2, -0.15) is 0 Å². The minimum absolute atomic E-state index is 0.189. The Hall–Kier alpha value is -1.87. The first-order chi connectivity index (χ1) is 10.2. The topological polar surface area (TPSA) is 32.3 Å². The molecule has 2 nitrogen and oxygen atoms in total. The molecule has 2 N–H and O–H groups in total. The summed E-state index contributed by atoms with van der Waals surface area (Å²) in [5.41, 5.74) is 3.27. The van der Waals surface area contributed by atoms with Gasteiger partial charge in [0.05, 0.1) is 0 Å². The summed E-state index contributed by atoms with van der Waals surface area (Å²) >= 11 is 0. The summed E-state index contributed by atoms with van der Waals surface area (Å²) in [6, 6.07) is 15.2. The zero-order valence-electron chi connectivity index (χ0n) is 12.3. The summed E-state index contributed by atoms with van der Waals surface area (Å²) in [4.78, 5) is 0. The highest BCUT2D eigenvalue weighted by atomic mass is 19.1. The maximum Gasteiger partial charge on any atom is 0.123 e. The van der Waals surface area contributed by atoms with E-state index in [0.717, 1.165) is 30.5 Å². The molecule has 21 heavy (non-hydrogen) atoms. The Balaban J connectivity index is 1.94. The number of aryl methyl sites for hydroxylation is 1. The summed E-state index contributed by atoms with van der Waals surface area (Å²) in [5, 5.41) is 12.3. The molecule has 2 aromatic rings. The van der Waals surface area contributed by atoms with Crippen LogP contribution in [0.4, 0.5) is 10.1 Å². The Morgan fingerprint density at radius 3 is 2.62 bits per heavy atom. The van der Waals surface area contributed by atoms with Gasteiger partial charge in [-0.3, -0.25) is 0 Å². The number of rotatable bonds is 7. The molecule has 0 spiro atoms. The number of aliphatic hydroxyl groups excluding tert-OH is 1. The molecule has 0 saturated carbocycles. The standard InChI is InChI=1S/C18H22FNO/c1-14(11-16-6-2-8-17(19)12-16)20-18-9-3-5-15(13-18)7-4-10-21/h2-3,5-6,8-9,12-14,20-21H,4,7,10-11H2,1H3. The summed E-state index contributed by atoms with van der Waals surface area (Å²) < 4.78 is 13.2. The lowest BCUT2D eigenvalue weighted by molar-refractivity contribution is 0.288. The van der Waals surface area contributed by atoms with Crippen molar-refractivity contribution in [1.29, 1.82) is 0 Å². The molecule has 0 aromatic heterocycles. The molecule has 0 bridgehead atoms. The number of nitrogens with one attached hydrogen (secondary N) is 1. The van der Waals surface area contributed by atoms with Crippen molar-refractivity contribution in [3.63, 3.8) is 0 Å².